The van der Waals surface area contributed by atoms with Gasteiger partial charge in [0.15, 0.2) is 5.82 Å². The summed E-state index contributed by atoms with van der Waals surface area (Å²) < 4.78 is 0. The number of hydrogen-bond donors (Lipinski definition) is 1. The van der Waals surface area contributed by atoms with Crippen molar-refractivity contribution in [3.63, 3.8) is 0 Å². The Balaban J connectivity index is 1.53. The minimum atomic E-state index is 0.364. The Morgan fingerprint density at radius 2 is 2.04 bits per heavy atom. The Labute approximate surface area is 157 Å². The van der Waals surface area contributed by atoms with Crippen LogP contribution < -0.4 is 5.32 Å². The van der Waals surface area contributed by atoms with Gasteiger partial charge in [-0.1, -0.05) is 6.07 Å². The van der Waals surface area contributed by atoms with E-state index in [0.717, 1.165) is 61.1 Å². The maximum atomic E-state index is 4.67. The zero-order valence-corrected chi connectivity index (χ0v) is 15.6. The highest BCUT2D eigenvalue weighted by Gasteiger charge is 2.25. The summed E-state index contributed by atoms with van der Waals surface area (Å²) in [5, 5.41) is 5.51. The molecule has 0 amide bonds. The average Bonchev–Trinajstić information content (AvgIpc) is 3.17. The van der Waals surface area contributed by atoms with Gasteiger partial charge in [0.25, 0.3) is 0 Å². The van der Waals surface area contributed by atoms with E-state index >= 15 is 0 Å². The van der Waals surface area contributed by atoms with Gasteiger partial charge in [-0.2, -0.15) is 0 Å². The third-order valence-corrected chi connectivity index (χ3v) is 5.37. The van der Waals surface area contributed by atoms with E-state index in [0.29, 0.717) is 5.92 Å². The zero-order chi connectivity index (χ0) is 17.8. The number of rotatable bonds is 5. The van der Waals surface area contributed by atoms with Gasteiger partial charge in [-0.25, -0.2) is 15.0 Å². The van der Waals surface area contributed by atoms with Crippen molar-refractivity contribution < 1.29 is 0 Å². The van der Waals surface area contributed by atoms with Gasteiger partial charge in [0.1, 0.15) is 5.82 Å². The van der Waals surface area contributed by atoms with Crippen molar-refractivity contribution in [3.8, 4) is 0 Å². The molecule has 4 heterocycles. The fraction of sp³-hybridized carbons (Fsp3) is 0.368. The number of pyridine rings is 1. The molecule has 1 fully saturated rings. The number of aryl methyl sites for hydroxylation is 1. The molecule has 0 spiro atoms. The summed E-state index contributed by atoms with van der Waals surface area (Å²) in [5.41, 5.74) is 5.17. The number of thiazole rings is 1. The van der Waals surface area contributed by atoms with E-state index in [1.807, 2.05) is 24.6 Å². The molecule has 1 aliphatic rings. The molecule has 134 valence electrons. The molecule has 1 aliphatic heterocycles. The van der Waals surface area contributed by atoms with Crippen LogP contribution >= 0.6 is 11.3 Å². The van der Waals surface area contributed by atoms with Crippen LogP contribution in [0.4, 0.5) is 11.6 Å². The molecular formula is C19H22N6S. The van der Waals surface area contributed by atoms with Crippen molar-refractivity contribution in [1.29, 1.82) is 0 Å². The number of hydrogen-bond acceptors (Lipinski definition) is 7. The maximum Gasteiger partial charge on any atom is 0.153 e. The minimum Gasteiger partial charge on any atom is -0.323 e. The first-order chi connectivity index (χ1) is 12.8. The quantitative estimate of drug-likeness (QED) is 0.742. The fourth-order valence-electron chi connectivity index (χ4n) is 3.44. The zero-order valence-electron chi connectivity index (χ0n) is 14.8. The average molecular weight is 366 g/mol. The maximum absolute atomic E-state index is 4.67. The molecule has 0 unspecified atom stereocenters. The molecule has 0 aliphatic carbocycles. The second-order valence-corrected chi connectivity index (χ2v) is 7.36. The molecular weight excluding hydrogens is 344 g/mol. The van der Waals surface area contributed by atoms with Gasteiger partial charge in [-0.15, -0.1) is 11.3 Å². The topological polar surface area (TPSA) is 66.8 Å². The SMILES string of the molecule is Cc1cccnc1Nc1nccnc1[C@H]1CCCN(Cc2cscn2)C1. The lowest BCUT2D eigenvalue weighted by molar-refractivity contribution is 0.197. The molecule has 4 rings (SSSR count). The number of likely N-dealkylation sites (tertiary alicyclic amines) is 1. The van der Waals surface area contributed by atoms with Crippen LogP contribution in [0, 0.1) is 6.92 Å². The second kappa shape index (κ2) is 7.88. The summed E-state index contributed by atoms with van der Waals surface area (Å²) in [6.45, 7) is 5.03. The normalized spacial score (nSPS) is 18.0. The number of aromatic nitrogens is 4. The van der Waals surface area contributed by atoms with Gasteiger partial charge in [0.05, 0.1) is 16.9 Å². The first kappa shape index (κ1) is 17.1. The van der Waals surface area contributed by atoms with Gasteiger partial charge < -0.3 is 5.32 Å². The van der Waals surface area contributed by atoms with Crippen LogP contribution in [0.3, 0.4) is 0 Å². The summed E-state index contributed by atoms with van der Waals surface area (Å²) in [7, 11) is 0. The Bertz CT molecular complexity index is 851. The second-order valence-electron chi connectivity index (χ2n) is 6.64. The number of anilines is 2. The van der Waals surface area contributed by atoms with E-state index in [1.54, 1.807) is 29.9 Å². The summed E-state index contributed by atoms with van der Waals surface area (Å²) in [5.74, 6) is 2.02. The lowest BCUT2D eigenvalue weighted by atomic mass is 9.94. The Morgan fingerprint density at radius 3 is 2.88 bits per heavy atom. The summed E-state index contributed by atoms with van der Waals surface area (Å²) in [6, 6.07) is 3.98. The number of nitrogens with one attached hydrogen (secondary N) is 1. The van der Waals surface area contributed by atoms with E-state index in [1.165, 1.54) is 0 Å². The van der Waals surface area contributed by atoms with Gasteiger partial charge in [0.2, 0.25) is 0 Å². The Kier molecular flexibility index (Phi) is 5.17. The third kappa shape index (κ3) is 3.89. The number of piperidine rings is 1. The molecule has 1 saturated heterocycles. The predicted molar refractivity (Wildman–Crippen MR) is 104 cm³/mol. The molecule has 0 radical (unpaired) electrons. The first-order valence-corrected chi connectivity index (χ1v) is 9.83. The summed E-state index contributed by atoms with van der Waals surface area (Å²) in [4.78, 5) is 20.5. The van der Waals surface area contributed by atoms with Crippen molar-refractivity contribution in [3.05, 3.63) is 58.6 Å². The van der Waals surface area contributed by atoms with E-state index in [9.17, 15) is 0 Å². The Hall–Kier alpha value is -2.38. The molecule has 3 aromatic heterocycles. The largest absolute Gasteiger partial charge is 0.323 e. The van der Waals surface area contributed by atoms with Crippen LogP contribution in [-0.2, 0) is 6.54 Å². The van der Waals surface area contributed by atoms with Crippen molar-refractivity contribution in [1.82, 2.24) is 24.8 Å². The molecule has 3 aromatic rings. The molecule has 0 aromatic carbocycles. The van der Waals surface area contributed by atoms with Crippen LogP contribution in [0.25, 0.3) is 0 Å². The van der Waals surface area contributed by atoms with E-state index in [-0.39, 0.29) is 0 Å². The smallest absolute Gasteiger partial charge is 0.153 e. The number of nitrogens with zero attached hydrogens (tertiary/aromatic N) is 5. The monoisotopic (exact) mass is 366 g/mol. The standard InChI is InChI=1S/C19H22N6S/c1-14-4-2-6-21-18(14)24-19-17(20-7-8-22-19)15-5-3-9-25(10-15)11-16-12-26-13-23-16/h2,4,6-8,12-13,15H,3,5,9-11H2,1H3,(H,21,22,24)/t15-/m0/s1. The van der Waals surface area contributed by atoms with Gasteiger partial charge >= 0.3 is 0 Å². The van der Waals surface area contributed by atoms with Crippen molar-refractivity contribution in [2.45, 2.75) is 32.2 Å². The first-order valence-electron chi connectivity index (χ1n) is 8.88. The molecule has 6 nitrogen and oxygen atoms in total. The van der Waals surface area contributed by atoms with Crippen molar-refractivity contribution >= 4 is 23.0 Å². The van der Waals surface area contributed by atoms with Crippen LogP contribution in [0.15, 0.2) is 41.6 Å². The summed E-state index contributed by atoms with van der Waals surface area (Å²) in [6.07, 6.45) is 7.60. The molecule has 1 atom stereocenters. The molecule has 1 N–H and O–H groups in total. The third-order valence-electron chi connectivity index (χ3n) is 4.73. The van der Waals surface area contributed by atoms with Gasteiger partial charge in [0, 0.05) is 43.0 Å². The molecule has 0 saturated carbocycles. The van der Waals surface area contributed by atoms with E-state index in [2.05, 4.69) is 35.5 Å². The highest BCUT2D eigenvalue weighted by atomic mass is 32.1. The molecule has 7 heteroatoms. The van der Waals surface area contributed by atoms with Crippen LogP contribution in [0.5, 0.6) is 0 Å². The van der Waals surface area contributed by atoms with Gasteiger partial charge in [-0.3, -0.25) is 9.88 Å². The van der Waals surface area contributed by atoms with Crippen LogP contribution in [0.2, 0.25) is 0 Å². The van der Waals surface area contributed by atoms with E-state index < -0.39 is 0 Å². The highest BCUT2D eigenvalue weighted by Crippen LogP contribution is 2.31. The van der Waals surface area contributed by atoms with Crippen molar-refractivity contribution in [2.24, 2.45) is 0 Å². The lowest BCUT2D eigenvalue weighted by Gasteiger charge is -2.32. The highest BCUT2D eigenvalue weighted by molar-refractivity contribution is 7.07. The van der Waals surface area contributed by atoms with Crippen molar-refractivity contribution in [2.75, 3.05) is 18.4 Å². The van der Waals surface area contributed by atoms with Crippen LogP contribution in [0.1, 0.15) is 35.7 Å². The van der Waals surface area contributed by atoms with E-state index in [4.69, 9.17) is 0 Å². The molecule has 0 bridgehead atoms. The summed E-state index contributed by atoms with van der Waals surface area (Å²) >= 11 is 1.65. The predicted octanol–water partition coefficient (Wildman–Crippen LogP) is 3.76. The van der Waals surface area contributed by atoms with Gasteiger partial charge in [-0.05, 0) is 37.9 Å². The Morgan fingerprint density at radius 1 is 1.15 bits per heavy atom. The minimum absolute atomic E-state index is 0.364. The lowest BCUT2D eigenvalue weighted by Crippen LogP contribution is -2.34. The fourth-order valence-corrected chi connectivity index (χ4v) is 3.99. The molecule has 26 heavy (non-hydrogen) atoms. The van der Waals surface area contributed by atoms with Crippen LogP contribution in [-0.4, -0.2) is 37.9 Å².